The lowest BCUT2D eigenvalue weighted by atomic mass is 9.90. The minimum atomic E-state index is -0.693. The molecule has 0 radical (unpaired) electrons. The third-order valence-corrected chi connectivity index (χ3v) is 6.86. The Morgan fingerprint density at radius 2 is 1.64 bits per heavy atom. The third-order valence-electron chi connectivity index (χ3n) is 6.86. The first-order chi connectivity index (χ1) is 18.2. The van der Waals surface area contributed by atoms with Crippen molar-refractivity contribution in [3.05, 3.63) is 29.0 Å². The van der Waals surface area contributed by atoms with E-state index in [1.165, 1.54) is 14.2 Å². The van der Waals surface area contributed by atoms with Crippen molar-refractivity contribution in [2.24, 2.45) is 16.7 Å². The maximum absolute atomic E-state index is 13.4. The van der Waals surface area contributed by atoms with E-state index in [9.17, 15) is 14.4 Å². The molecule has 10 nitrogen and oxygen atoms in total. The van der Waals surface area contributed by atoms with Crippen LogP contribution in [0, 0.1) is 16.7 Å². The maximum Gasteiger partial charge on any atom is 0.232 e. The molecule has 1 fully saturated rings. The summed E-state index contributed by atoms with van der Waals surface area (Å²) < 4.78 is 17.5. The van der Waals surface area contributed by atoms with Crippen LogP contribution in [0.3, 0.4) is 0 Å². The van der Waals surface area contributed by atoms with Crippen LogP contribution in [-0.4, -0.2) is 47.9 Å². The first kappa shape index (κ1) is 28.3. The summed E-state index contributed by atoms with van der Waals surface area (Å²) in [6.45, 7) is 10.7. The number of ether oxygens (including phenoxy) is 3. The number of methoxy groups -OCH3 is 2. The molecule has 1 unspecified atom stereocenters. The van der Waals surface area contributed by atoms with Crippen molar-refractivity contribution >= 4 is 29.4 Å². The molecule has 2 heterocycles. The number of anilines is 2. The topological polar surface area (TPSA) is 129 Å². The Morgan fingerprint density at radius 3 is 2.21 bits per heavy atom. The zero-order valence-electron chi connectivity index (χ0n) is 24.0. The highest BCUT2D eigenvalue weighted by Crippen LogP contribution is 2.49. The molecule has 0 bridgehead atoms. The van der Waals surface area contributed by atoms with Crippen LogP contribution in [0.2, 0.25) is 0 Å². The number of aromatic nitrogens is 2. The van der Waals surface area contributed by atoms with Gasteiger partial charge in [-0.1, -0.05) is 41.5 Å². The van der Waals surface area contributed by atoms with Gasteiger partial charge in [0.15, 0.2) is 17.3 Å². The summed E-state index contributed by atoms with van der Waals surface area (Å²) in [5.41, 5.74) is 0.286. The Kier molecular flexibility index (Phi) is 7.60. The van der Waals surface area contributed by atoms with Crippen molar-refractivity contribution in [3.63, 3.8) is 0 Å². The second kappa shape index (κ2) is 10.5. The van der Waals surface area contributed by atoms with Gasteiger partial charge in [0.1, 0.15) is 11.9 Å². The van der Waals surface area contributed by atoms with E-state index in [2.05, 4.69) is 20.6 Å². The van der Waals surface area contributed by atoms with Gasteiger partial charge in [-0.15, -0.1) is 0 Å². The van der Waals surface area contributed by atoms with Gasteiger partial charge in [0.25, 0.3) is 0 Å². The van der Waals surface area contributed by atoms with Gasteiger partial charge in [-0.3, -0.25) is 19.7 Å². The standard InChI is InChI=1S/C29H38N4O6/c1-28(2,3)25(35)31-24-17(14-30-27(32-24)33-26(36)29(4,5)6)11-16-12-20(37-7)22(38-8)23-21(16)18(34)13-19(39-23)15-9-10-15/h12,14-15,19H,9-11,13H2,1-8H3,(H2,30,31,32,33,35,36). The van der Waals surface area contributed by atoms with Gasteiger partial charge >= 0.3 is 0 Å². The summed E-state index contributed by atoms with van der Waals surface area (Å²) >= 11 is 0. The van der Waals surface area contributed by atoms with Gasteiger partial charge in [0.2, 0.25) is 23.5 Å². The third kappa shape index (κ3) is 6.15. The minimum Gasteiger partial charge on any atom is -0.493 e. The van der Waals surface area contributed by atoms with Crippen molar-refractivity contribution in [3.8, 4) is 17.2 Å². The number of amides is 2. The van der Waals surface area contributed by atoms with Crippen LogP contribution >= 0.6 is 0 Å². The van der Waals surface area contributed by atoms with Gasteiger partial charge in [-0.2, -0.15) is 4.98 Å². The number of nitrogens with one attached hydrogen (secondary N) is 2. The lowest BCUT2D eigenvalue weighted by Gasteiger charge is -2.29. The van der Waals surface area contributed by atoms with Crippen LogP contribution < -0.4 is 24.8 Å². The average Bonchev–Trinajstić information content (AvgIpc) is 3.69. The molecule has 4 rings (SSSR count). The fourth-order valence-electron chi connectivity index (χ4n) is 4.27. The first-order valence-corrected chi connectivity index (χ1v) is 13.2. The van der Waals surface area contributed by atoms with E-state index in [1.54, 1.807) is 53.8 Å². The molecule has 2 aromatic rings. The molecular formula is C29H38N4O6. The van der Waals surface area contributed by atoms with Crippen LogP contribution in [0.25, 0.3) is 0 Å². The van der Waals surface area contributed by atoms with Crippen LogP contribution in [-0.2, 0) is 16.0 Å². The average molecular weight is 539 g/mol. The van der Waals surface area contributed by atoms with Crippen molar-refractivity contribution in [1.82, 2.24) is 9.97 Å². The number of carbonyl (C=O) groups excluding carboxylic acids is 3. The predicted molar refractivity (Wildman–Crippen MR) is 147 cm³/mol. The fraction of sp³-hybridized carbons (Fsp3) is 0.552. The second-order valence-corrected chi connectivity index (χ2v) is 12.2. The molecule has 2 aliphatic rings. The monoisotopic (exact) mass is 538 g/mol. The van der Waals surface area contributed by atoms with Crippen molar-refractivity contribution in [2.45, 2.75) is 73.3 Å². The van der Waals surface area contributed by atoms with Gasteiger partial charge < -0.3 is 19.5 Å². The zero-order valence-corrected chi connectivity index (χ0v) is 24.0. The van der Waals surface area contributed by atoms with E-state index in [1.807, 2.05) is 0 Å². The Morgan fingerprint density at radius 1 is 1.00 bits per heavy atom. The van der Waals surface area contributed by atoms with E-state index in [4.69, 9.17) is 14.2 Å². The molecule has 1 atom stereocenters. The van der Waals surface area contributed by atoms with Gasteiger partial charge in [-0.25, -0.2) is 4.98 Å². The van der Waals surface area contributed by atoms with Crippen molar-refractivity contribution in [2.75, 3.05) is 24.9 Å². The van der Waals surface area contributed by atoms with Crippen LogP contribution in [0.4, 0.5) is 11.8 Å². The molecule has 1 aromatic heterocycles. The highest BCUT2D eigenvalue weighted by atomic mass is 16.5. The molecule has 1 aromatic carbocycles. The number of hydrogen-bond donors (Lipinski definition) is 2. The van der Waals surface area contributed by atoms with Crippen molar-refractivity contribution < 1.29 is 28.6 Å². The number of rotatable bonds is 7. The number of nitrogens with zero attached hydrogens (tertiary/aromatic N) is 2. The summed E-state index contributed by atoms with van der Waals surface area (Å²) in [5, 5.41) is 5.60. The summed E-state index contributed by atoms with van der Waals surface area (Å²) in [4.78, 5) is 47.8. The van der Waals surface area contributed by atoms with E-state index in [0.717, 1.165) is 12.8 Å². The normalized spacial score (nSPS) is 17.1. The molecule has 0 spiro atoms. The summed E-state index contributed by atoms with van der Waals surface area (Å²) in [7, 11) is 3.05. The lowest BCUT2D eigenvalue weighted by molar-refractivity contribution is -0.123. The van der Waals surface area contributed by atoms with Crippen LogP contribution in [0.1, 0.15) is 82.3 Å². The fourth-order valence-corrected chi connectivity index (χ4v) is 4.27. The molecule has 1 aliphatic carbocycles. The SMILES string of the molecule is COc1cc(Cc2cnc(NC(=O)C(C)(C)C)nc2NC(=O)C(C)(C)C)c2c(c1OC)OC(C1CC1)CC2=O. The van der Waals surface area contributed by atoms with Gasteiger partial charge in [0, 0.05) is 35.4 Å². The zero-order chi connectivity index (χ0) is 28.7. The molecule has 10 heteroatoms. The van der Waals surface area contributed by atoms with Crippen LogP contribution in [0.15, 0.2) is 12.3 Å². The minimum absolute atomic E-state index is 0.0284. The number of carbonyl (C=O) groups is 3. The Balaban J connectivity index is 1.77. The molecular weight excluding hydrogens is 500 g/mol. The number of Topliss-reactive ketones (excluding diaryl/α,β-unsaturated/α-hetero) is 1. The Bertz CT molecular complexity index is 1300. The molecule has 1 aliphatic heterocycles. The quantitative estimate of drug-likeness (QED) is 0.515. The molecule has 0 saturated heterocycles. The highest BCUT2D eigenvalue weighted by molar-refractivity contribution is 6.03. The molecule has 1 saturated carbocycles. The summed E-state index contributed by atoms with van der Waals surface area (Å²) in [6, 6.07) is 1.75. The van der Waals surface area contributed by atoms with E-state index < -0.39 is 10.8 Å². The van der Waals surface area contributed by atoms with E-state index >= 15 is 0 Å². The largest absolute Gasteiger partial charge is 0.493 e. The maximum atomic E-state index is 13.4. The smallest absolute Gasteiger partial charge is 0.232 e. The summed E-state index contributed by atoms with van der Waals surface area (Å²) in [5.74, 6) is 1.35. The molecule has 2 amide bonds. The molecule has 39 heavy (non-hydrogen) atoms. The Hall–Kier alpha value is -3.69. The number of fused-ring (bicyclic) bond motifs is 1. The van der Waals surface area contributed by atoms with Gasteiger partial charge in [-0.05, 0) is 30.4 Å². The lowest BCUT2D eigenvalue weighted by Crippen LogP contribution is -2.31. The van der Waals surface area contributed by atoms with Crippen LogP contribution in [0.5, 0.6) is 17.2 Å². The molecule has 210 valence electrons. The highest BCUT2D eigenvalue weighted by Gasteiger charge is 2.41. The van der Waals surface area contributed by atoms with Gasteiger partial charge in [0.05, 0.1) is 19.8 Å². The molecule has 2 N–H and O–H groups in total. The number of hydrogen-bond acceptors (Lipinski definition) is 8. The number of benzene rings is 1. The Labute approximate surface area is 229 Å². The predicted octanol–water partition coefficient (Wildman–Crippen LogP) is 4.80. The second-order valence-electron chi connectivity index (χ2n) is 12.2. The van der Waals surface area contributed by atoms with Crippen molar-refractivity contribution in [1.29, 1.82) is 0 Å². The first-order valence-electron chi connectivity index (χ1n) is 13.2. The van der Waals surface area contributed by atoms with E-state index in [0.29, 0.717) is 46.3 Å². The van der Waals surface area contributed by atoms with E-state index in [-0.39, 0.29) is 41.9 Å². The number of ketones is 1. The summed E-state index contributed by atoms with van der Waals surface area (Å²) in [6.07, 6.45) is 3.95.